The fourth-order valence-electron chi connectivity index (χ4n) is 2.03. The second-order valence-electron chi connectivity index (χ2n) is 4.41. The monoisotopic (exact) mass is 228 g/mol. The molecule has 0 saturated heterocycles. The summed E-state index contributed by atoms with van der Waals surface area (Å²) in [6.07, 6.45) is 5.07. The molecule has 5 heteroatoms. The smallest absolute Gasteiger partial charge is 0.248 e. The number of primary amides is 1. The second-order valence-corrected chi connectivity index (χ2v) is 4.41. The zero-order valence-corrected chi connectivity index (χ0v) is 9.45. The van der Waals surface area contributed by atoms with Crippen LogP contribution in [0.3, 0.4) is 0 Å². The van der Waals surface area contributed by atoms with Gasteiger partial charge in [0.1, 0.15) is 6.10 Å². The van der Waals surface area contributed by atoms with Crippen molar-refractivity contribution in [1.82, 2.24) is 5.32 Å². The standard InChI is InChI=1S/C11H20N2O3/c12-11(16)9(14)7-13-10(15)6-5-8-3-1-2-4-8/h8-9,14H,1-7H2,(H2,12,16)(H,13,15). The van der Waals surface area contributed by atoms with Gasteiger partial charge in [0.25, 0.3) is 0 Å². The van der Waals surface area contributed by atoms with E-state index in [2.05, 4.69) is 5.32 Å². The third kappa shape index (κ3) is 4.61. The van der Waals surface area contributed by atoms with E-state index in [0.29, 0.717) is 12.3 Å². The summed E-state index contributed by atoms with van der Waals surface area (Å²) >= 11 is 0. The van der Waals surface area contributed by atoms with Crippen LogP contribution in [0.15, 0.2) is 0 Å². The van der Waals surface area contributed by atoms with Gasteiger partial charge in [0.2, 0.25) is 11.8 Å². The molecule has 92 valence electrons. The minimum absolute atomic E-state index is 0.0845. The zero-order chi connectivity index (χ0) is 12.0. The zero-order valence-electron chi connectivity index (χ0n) is 9.45. The first-order valence-electron chi connectivity index (χ1n) is 5.83. The molecule has 16 heavy (non-hydrogen) atoms. The molecular weight excluding hydrogens is 208 g/mol. The number of carbonyl (C=O) groups excluding carboxylic acids is 2. The summed E-state index contributed by atoms with van der Waals surface area (Å²) in [7, 11) is 0. The fraction of sp³-hybridized carbons (Fsp3) is 0.818. The van der Waals surface area contributed by atoms with Gasteiger partial charge in [-0.05, 0) is 12.3 Å². The fourth-order valence-corrected chi connectivity index (χ4v) is 2.03. The van der Waals surface area contributed by atoms with Crippen molar-refractivity contribution in [2.24, 2.45) is 11.7 Å². The number of nitrogens with one attached hydrogen (secondary N) is 1. The van der Waals surface area contributed by atoms with Crippen LogP contribution in [-0.2, 0) is 9.59 Å². The van der Waals surface area contributed by atoms with Gasteiger partial charge >= 0.3 is 0 Å². The van der Waals surface area contributed by atoms with Gasteiger partial charge in [-0.3, -0.25) is 9.59 Å². The van der Waals surface area contributed by atoms with Gasteiger partial charge < -0.3 is 16.2 Å². The minimum Gasteiger partial charge on any atom is -0.381 e. The van der Waals surface area contributed by atoms with Gasteiger partial charge in [-0.2, -0.15) is 0 Å². The molecule has 0 aromatic heterocycles. The number of nitrogens with two attached hydrogens (primary N) is 1. The summed E-state index contributed by atoms with van der Waals surface area (Å²) in [6.45, 7) is -0.0845. The summed E-state index contributed by atoms with van der Waals surface area (Å²) in [5.74, 6) is -0.255. The Balaban J connectivity index is 2.08. The van der Waals surface area contributed by atoms with Gasteiger partial charge in [0, 0.05) is 6.42 Å². The lowest BCUT2D eigenvalue weighted by molar-refractivity contribution is -0.127. The van der Waals surface area contributed by atoms with Crippen LogP contribution in [0, 0.1) is 5.92 Å². The van der Waals surface area contributed by atoms with Crippen LogP contribution >= 0.6 is 0 Å². The van der Waals surface area contributed by atoms with E-state index in [9.17, 15) is 9.59 Å². The van der Waals surface area contributed by atoms with Crippen molar-refractivity contribution >= 4 is 11.8 Å². The van der Waals surface area contributed by atoms with Gasteiger partial charge in [-0.15, -0.1) is 0 Å². The summed E-state index contributed by atoms with van der Waals surface area (Å²) in [5.41, 5.74) is 4.86. The van der Waals surface area contributed by atoms with Crippen LogP contribution in [0.5, 0.6) is 0 Å². The van der Waals surface area contributed by atoms with Crippen molar-refractivity contribution in [1.29, 1.82) is 0 Å². The van der Waals surface area contributed by atoms with E-state index < -0.39 is 12.0 Å². The Bertz CT molecular complexity index is 250. The van der Waals surface area contributed by atoms with E-state index in [0.717, 1.165) is 6.42 Å². The molecule has 0 radical (unpaired) electrons. The first kappa shape index (κ1) is 13.0. The van der Waals surface area contributed by atoms with Crippen molar-refractivity contribution in [3.8, 4) is 0 Å². The lowest BCUT2D eigenvalue weighted by Gasteiger charge is -2.10. The van der Waals surface area contributed by atoms with Gasteiger partial charge in [-0.25, -0.2) is 0 Å². The third-order valence-electron chi connectivity index (χ3n) is 3.08. The van der Waals surface area contributed by atoms with Crippen molar-refractivity contribution in [3.05, 3.63) is 0 Å². The maximum atomic E-state index is 11.4. The third-order valence-corrected chi connectivity index (χ3v) is 3.08. The van der Waals surface area contributed by atoms with E-state index >= 15 is 0 Å². The maximum Gasteiger partial charge on any atom is 0.248 e. The Morgan fingerprint density at radius 3 is 2.56 bits per heavy atom. The SMILES string of the molecule is NC(=O)C(O)CNC(=O)CCC1CCCC1. The summed E-state index contributed by atoms with van der Waals surface area (Å²) in [5, 5.41) is 11.6. The average molecular weight is 228 g/mol. The Morgan fingerprint density at radius 1 is 1.38 bits per heavy atom. The molecule has 1 fully saturated rings. The first-order valence-corrected chi connectivity index (χ1v) is 5.83. The van der Waals surface area contributed by atoms with Crippen LogP contribution in [0.1, 0.15) is 38.5 Å². The molecule has 1 rings (SSSR count). The van der Waals surface area contributed by atoms with Crippen molar-refractivity contribution in [3.63, 3.8) is 0 Å². The number of aliphatic hydroxyl groups excluding tert-OH is 1. The predicted molar refractivity (Wildman–Crippen MR) is 59.4 cm³/mol. The molecule has 1 atom stereocenters. The average Bonchev–Trinajstić information content (AvgIpc) is 2.75. The highest BCUT2D eigenvalue weighted by Crippen LogP contribution is 2.28. The summed E-state index contributed by atoms with van der Waals surface area (Å²) in [4.78, 5) is 21.9. The van der Waals surface area contributed by atoms with E-state index in [-0.39, 0.29) is 12.5 Å². The van der Waals surface area contributed by atoms with Gasteiger partial charge in [0.15, 0.2) is 0 Å². The number of rotatable bonds is 6. The van der Waals surface area contributed by atoms with Crippen molar-refractivity contribution in [2.45, 2.75) is 44.6 Å². The number of carbonyl (C=O) groups is 2. The Labute approximate surface area is 95.4 Å². The number of hydrogen-bond acceptors (Lipinski definition) is 3. The highest BCUT2D eigenvalue weighted by molar-refractivity contribution is 5.80. The molecule has 1 saturated carbocycles. The number of amides is 2. The topological polar surface area (TPSA) is 92.4 Å². The Kier molecular flexibility index (Phi) is 5.25. The lowest BCUT2D eigenvalue weighted by atomic mass is 10.0. The Morgan fingerprint density at radius 2 is 2.00 bits per heavy atom. The maximum absolute atomic E-state index is 11.4. The van der Waals surface area contributed by atoms with E-state index in [1.807, 2.05) is 0 Å². The molecule has 0 spiro atoms. The molecule has 0 aromatic rings. The summed E-state index contributed by atoms with van der Waals surface area (Å²) in [6, 6.07) is 0. The van der Waals surface area contributed by atoms with Crippen LogP contribution in [0.2, 0.25) is 0 Å². The molecular formula is C11H20N2O3. The molecule has 0 bridgehead atoms. The van der Waals surface area contributed by atoms with Gasteiger partial charge in [0.05, 0.1) is 6.54 Å². The van der Waals surface area contributed by atoms with E-state index in [1.165, 1.54) is 25.7 Å². The highest BCUT2D eigenvalue weighted by atomic mass is 16.3. The highest BCUT2D eigenvalue weighted by Gasteiger charge is 2.17. The van der Waals surface area contributed by atoms with Gasteiger partial charge in [-0.1, -0.05) is 25.7 Å². The predicted octanol–water partition coefficient (Wildman–Crippen LogP) is -0.0808. The Hall–Kier alpha value is -1.10. The van der Waals surface area contributed by atoms with E-state index in [4.69, 9.17) is 10.8 Å². The molecule has 0 aliphatic heterocycles. The number of hydrogen-bond donors (Lipinski definition) is 3. The minimum atomic E-state index is -1.28. The largest absolute Gasteiger partial charge is 0.381 e. The molecule has 0 aromatic carbocycles. The van der Waals surface area contributed by atoms with Crippen LogP contribution in [0.4, 0.5) is 0 Å². The molecule has 4 N–H and O–H groups in total. The quantitative estimate of drug-likeness (QED) is 0.593. The van der Waals surface area contributed by atoms with Crippen molar-refractivity contribution < 1.29 is 14.7 Å². The lowest BCUT2D eigenvalue weighted by Crippen LogP contribution is -2.39. The first-order chi connectivity index (χ1) is 7.59. The van der Waals surface area contributed by atoms with E-state index in [1.54, 1.807) is 0 Å². The summed E-state index contributed by atoms with van der Waals surface area (Å²) < 4.78 is 0. The van der Waals surface area contributed by atoms with Crippen LogP contribution in [0.25, 0.3) is 0 Å². The molecule has 2 amide bonds. The normalized spacial score (nSPS) is 18.3. The molecule has 5 nitrogen and oxygen atoms in total. The van der Waals surface area contributed by atoms with Crippen LogP contribution < -0.4 is 11.1 Å². The molecule has 0 heterocycles. The second kappa shape index (κ2) is 6.48. The molecule has 1 unspecified atom stereocenters. The molecule has 1 aliphatic rings. The number of aliphatic hydroxyl groups is 1. The van der Waals surface area contributed by atoms with Crippen molar-refractivity contribution in [2.75, 3.05) is 6.54 Å². The molecule has 1 aliphatic carbocycles. The van der Waals surface area contributed by atoms with Crippen LogP contribution in [-0.4, -0.2) is 29.6 Å².